The molecule has 22 rings (SSSR count). The summed E-state index contributed by atoms with van der Waals surface area (Å²) in [6.07, 6.45) is 30.9. The molecule has 0 saturated carbocycles. The molecule has 4 N–H and O–H groups in total. The number of hydrogen-bond donors (Lipinski definition) is 4. The lowest BCUT2D eigenvalue weighted by molar-refractivity contribution is 1.10. The van der Waals surface area contributed by atoms with Crippen LogP contribution in [0.25, 0.3) is 114 Å². The Kier molecular flexibility index (Phi) is 25.2. The largest absolute Gasteiger partial charge is 0.361 e. The summed E-state index contributed by atoms with van der Waals surface area (Å²) in [5, 5.41) is 26.0. The molecule has 0 fully saturated rings. The van der Waals surface area contributed by atoms with E-state index in [4.69, 9.17) is 0 Å². The lowest BCUT2D eigenvalue weighted by Crippen LogP contribution is -1.78. The van der Waals surface area contributed by atoms with Crippen LogP contribution in [0.4, 0.5) is 0 Å². The highest BCUT2D eigenvalue weighted by Gasteiger charge is 1.96. The van der Waals surface area contributed by atoms with Crippen LogP contribution in [0.1, 0.15) is 0 Å². The topological polar surface area (TPSA) is 235 Å². The van der Waals surface area contributed by atoms with Gasteiger partial charge in [-0.15, -0.1) is 22.7 Å². The predicted octanol–water partition coefficient (Wildman–Crippen LogP) is 19.9. The molecular formula is C83H66N18S2. The van der Waals surface area contributed by atoms with Crippen molar-refractivity contribution in [2.24, 2.45) is 0 Å². The quantitative estimate of drug-likeness (QED) is 0.111. The van der Waals surface area contributed by atoms with Crippen molar-refractivity contribution in [2.75, 3.05) is 0 Å². The SMILES string of the molecule is c1ccc2[nH]ccc2c1.c1ccc2[nH]ncc2c1.c1ccc2cnccc2c1.c1ccc2ncccc2c1.c1ccc2scnc2c1.c1ccn2ccnc2c1.c1cnc2[nH]ccc2c1.c1cnc2[nH]ncc2c1.c1cnc2cccnc2c1.c1cnc2ncccc2c1.c1cnc2sccc2c1. The summed E-state index contributed by atoms with van der Waals surface area (Å²) in [5.74, 6) is 0. The van der Waals surface area contributed by atoms with Gasteiger partial charge in [-0.3, -0.25) is 30.1 Å². The zero-order valence-corrected chi connectivity index (χ0v) is 57.0. The monoisotopic (exact) mass is 1380 g/mol. The van der Waals surface area contributed by atoms with Crippen LogP contribution in [0.3, 0.4) is 0 Å². The number of rotatable bonds is 0. The minimum atomic E-state index is 0.810. The summed E-state index contributed by atoms with van der Waals surface area (Å²) in [5.41, 5.74) is 11.8. The molecule has 18 nitrogen and oxygen atoms in total. The van der Waals surface area contributed by atoms with Gasteiger partial charge in [0, 0.05) is 131 Å². The van der Waals surface area contributed by atoms with Crippen molar-refractivity contribution in [3.63, 3.8) is 0 Å². The second-order valence-corrected chi connectivity index (χ2v) is 23.6. The molecule has 0 atom stereocenters. The molecule has 0 aliphatic heterocycles. The third kappa shape index (κ3) is 20.8. The molecule has 0 amide bonds. The standard InChI is InChI=1S/2C9H7N.2C8H6N2.C8H7N.3C7H6N2.2C7H5NS.C6H5N3/c1-2-6-9-8(4-1)5-3-7-10-9;1-2-4-9-7-10-6-5-8(9)3-1;1-3-7-8(9-5-1)4-2-6-10-7;1-3-7-4-2-6-10-8(7)9-5-1;1-2-4-8-7(3-1)5-6-9-8;1-2-6-3-5-9-7(6)8-4-1;1-2-5-9-6-4-8-7(9)3-1;1-2-4-7-6(3-1)5-8-9-7;1-2-6-3-5-9-7(6)8-4-1;1-2-4-7-6(3-1)8-5-9-7;1-2-5-4-8-9-6(5)7-3-1/h2*1-7H;2*1-6H;1-6,9H;1-5H,(H,8,9);1-6H;1-5H,(H,8,9);2*1-5H;1-4H,(H,7,8,9). The summed E-state index contributed by atoms with van der Waals surface area (Å²) in [4.78, 5) is 52.3. The smallest absolute Gasteiger partial charge is 0.159 e. The van der Waals surface area contributed by atoms with E-state index in [0.29, 0.717) is 0 Å². The molecule has 0 saturated heterocycles. The molecule has 103 heavy (non-hydrogen) atoms. The first-order chi connectivity index (χ1) is 51.1. The number of aromatic nitrogens is 18. The number of benzene rings is 5. The highest BCUT2D eigenvalue weighted by atomic mass is 32.1. The number of nitrogens with zero attached hydrogens (tertiary/aromatic N) is 14. The van der Waals surface area contributed by atoms with E-state index in [2.05, 4.69) is 151 Å². The number of thiazole rings is 1. The van der Waals surface area contributed by atoms with Gasteiger partial charge >= 0.3 is 0 Å². The van der Waals surface area contributed by atoms with Gasteiger partial charge < -0.3 is 14.4 Å². The van der Waals surface area contributed by atoms with E-state index in [9.17, 15) is 0 Å². The van der Waals surface area contributed by atoms with Crippen LogP contribution < -0.4 is 0 Å². The minimum Gasteiger partial charge on any atom is -0.361 e. The van der Waals surface area contributed by atoms with Gasteiger partial charge in [-0.05, 0) is 173 Å². The van der Waals surface area contributed by atoms with Gasteiger partial charge in [-0.1, -0.05) is 109 Å². The van der Waals surface area contributed by atoms with Crippen LogP contribution >= 0.6 is 22.7 Å². The molecule has 0 unspecified atom stereocenters. The zero-order valence-electron chi connectivity index (χ0n) is 55.4. The van der Waals surface area contributed by atoms with Gasteiger partial charge in [0.15, 0.2) is 11.3 Å². The maximum Gasteiger partial charge on any atom is 0.159 e. The van der Waals surface area contributed by atoms with Gasteiger partial charge in [-0.25, -0.2) is 34.9 Å². The Balaban J connectivity index is 0.000000107. The molecule has 20 heteroatoms. The number of fused-ring (bicyclic) bond motifs is 11. The maximum absolute atomic E-state index is 4.18. The number of imidazole rings is 1. The molecule has 0 radical (unpaired) electrons. The van der Waals surface area contributed by atoms with Crippen LogP contribution in [0.5, 0.6) is 0 Å². The maximum atomic E-state index is 4.18. The summed E-state index contributed by atoms with van der Waals surface area (Å²) >= 11 is 3.35. The van der Waals surface area contributed by atoms with E-state index in [-0.39, 0.29) is 0 Å². The number of pyridine rings is 10. The third-order valence-electron chi connectivity index (χ3n) is 14.9. The van der Waals surface area contributed by atoms with Crippen molar-refractivity contribution < 1.29 is 0 Å². The number of para-hydroxylation sites is 4. The second kappa shape index (κ2) is 37.7. The molecular weight excluding hydrogens is 1310 g/mol. The van der Waals surface area contributed by atoms with E-state index >= 15 is 0 Å². The fraction of sp³-hybridized carbons (Fsp3) is 0. The normalized spacial score (nSPS) is 10.1. The predicted molar refractivity (Wildman–Crippen MR) is 421 cm³/mol. The summed E-state index contributed by atoms with van der Waals surface area (Å²) in [7, 11) is 0. The lowest BCUT2D eigenvalue weighted by atomic mass is 10.2. The molecule has 0 bridgehead atoms. The number of thiophene rings is 1. The van der Waals surface area contributed by atoms with Crippen molar-refractivity contribution in [1.29, 1.82) is 0 Å². The number of H-pyrrole nitrogens is 4. The number of hydrogen-bond acceptors (Lipinski definition) is 15. The summed E-state index contributed by atoms with van der Waals surface area (Å²) < 4.78 is 3.23. The Bertz CT molecular complexity index is 4730. The van der Waals surface area contributed by atoms with Crippen LogP contribution in [0.15, 0.2) is 377 Å². The van der Waals surface area contributed by atoms with E-state index in [1.807, 2.05) is 266 Å². The average molecular weight is 1380 g/mol. The molecule has 5 aromatic carbocycles. The molecule has 0 spiro atoms. The highest BCUT2D eigenvalue weighted by molar-refractivity contribution is 7.17. The van der Waals surface area contributed by atoms with Crippen molar-refractivity contribution in [1.82, 2.24) is 89.6 Å². The first kappa shape index (κ1) is 69.0. The Morgan fingerprint density at radius 1 is 0.282 bits per heavy atom. The van der Waals surface area contributed by atoms with E-state index in [1.54, 1.807) is 72.2 Å². The van der Waals surface area contributed by atoms with Crippen molar-refractivity contribution in [3.05, 3.63) is 377 Å². The van der Waals surface area contributed by atoms with Gasteiger partial charge in [0.2, 0.25) is 0 Å². The first-order valence-corrected chi connectivity index (χ1v) is 34.3. The Labute approximate surface area is 599 Å². The second-order valence-electron chi connectivity index (χ2n) is 21.8. The molecule has 0 aliphatic rings. The van der Waals surface area contributed by atoms with Crippen LogP contribution in [-0.4, -0.2) is 89.6 Å². The Hall–Kier alpha value is -14.0. The number of aromatic amines is 4. The minimum absolute atomic E-state index is 0.810. The zero-order chi connectivity index (χ0) is 70.0. The van der Waals surface area contributed by atoms with Crippen molar-refractivity contribution in [3.8, 4) is 0 Å². The fourth-order valence-corrected chi connectivity index (χ4v) is 11.3. The molecule has 500 valence electrons. The van der Waals surface area contributed by atoms with Gasteiger partial charge in [-0.2, -0.15) is 10.2 Å². The Morgan fingerprint density at radius 2 is 0.825 bits per heavy atom. The summed E-state index contributed by atoms with van der Waals surface area (Å²) in [6.45, 7) is 0. The Morgan fingerprint density at radius 3 is 1.52 bits per heavy atom. The third-order valence-corrected chi connectivity index (χ3v) is 16.6. The van der Waals surface area contributed by atoms with E-state index in [0.717, 1.165) is 76.5 Å². The fourth-order valence-electron chi connectivity index (χ4n) is 9.86. The van der Waals surface area contributed by atoms with Crippen LogP contribution in [0.2, 0.25) is 0 Å². The molecule has 17 aromatic heterocycles. The average Bonchev–Trinajstić information content (AvgIpc) is 1.93. The van der Waals surface area contributed by atoms with Gasteiger partial charge in [0.25, 0.3) is 0 Å². The van der Waals surface area contributed by atoms with Crippen LogP contribution in [-0.2, 0) is 0 Å². The number of nitrogens with one attached hydrogen (secondary N) is 4. The van der Waals surface area contributed by atoms with Gasteiger partial charge in [0.1, 0.15) is 16.1 Å². The van der Waals surface area contributed by atoms with E-state index in [1.165, 1.54) is 37.1 Å². The molecule has 17 heterocycles. The van der Waals surface area contributed by atoms with Crippen molar-refractivity contribution >= 4 is 136 Å². The van der Waals surface area contributed by atoms with Crippen LogP contribution in [0, 0.1) is 0 Å². The molecule has 0 aliphatic carbocycles. The van der Waals surface area contributed by atoms with Crippen molar-refractivity contribution in [2.45, 2.75) is 0 Å². The summed E-state index contributed by atoms with van der Waals surface area (Å²) in [6, 6.07) is 86.0. The van der Waals surface area contributed by atoms with Gasteiger partial charge in [0.05, 0.1) is 50.2 Å². The lowest BCUT2D eigenvalue weighted by Gasteiger charge is -1.91. The molecule has 22 aromatic rings. The van der Waals surface area contributed by atoms with E-state index < -0.39 is 0 Å². The first-order valence-electron chi connectivity index (χ1n) is 32.5. The highest BCUT2D eigenvalue weighted by Crippen LogP contribution is 2.18.